The molecule has 132 valence electrons. The predicted molar refractivity (Wildman–Crippen MR) is 95.0 cm³/mol. The fourth-order valence-electron chi connectivity index (χ4n) is 2.82. The number of likely N-dealkylation sites (tertiary alicyclic amines) is 1. The molecule has 1 saturated heterocycles. The molecule has 1 unspecified atom stereocenters. The quantitative estimate of drug-likeness (QED) is 0.869. The van der Waals surface area contributed by atoms with Crippen LogP contribution in [0.1, 0.15) is 39.2 Å². The molecule has 5 heteroatoms. The summed E-state index contributed by atoms with van der Waals surface area (Å²) < 4.78 is 0. The summed E-state index contributed by atoms with van der Waals surface area (Å²) in [6.45, 7) is 8.16. The molecule has 1 aromatic carbocycles. The van der Waals surface area contributed by atoms with Crippen LogP contribution >= 0.6 is 0 Å². The lowest BCUT2D eigenvalue weighted by atomic mass is 9.95. The molecule has 0 aromatic heterocycles. The number of amides is 1. The molecule has 0 aliphatic carbocycles. The molecule has 0 bridgehead atoms. The SMILES string of the molecule is CC(C)(C)C(=O)Nc1ccc(CCN2CCCC(C(=O)O)C2)cc1. The van der Waals surface area contributed by atoms with Gasteiger partial charge in [-0.2, -0.15) is 0 Å². The Hall–Kier alpha value is -1.88. The minimum atomic E-state index is -0.682. The number of piperidine rings is 1. The van der Waals surface area contributed by atoms with E-state index < -0.39 is 11.4 Å². The van der Waals surface area contributed by atoms with Gasteiger partial charge >= 0.3 is 5.97 Å². The third kappa shape index (κ3) is 5.34. The second-order valence-corrected chi connectivity index (χ2v) is 7.63. The van der Waals surface area contributed by atoms with Gasteiger partial charge in [0.1, 0.15) is 0 Å². The zero-order chi connectivity index (χ0) is 17.7. The normalized spacial score (nSPS) is 19.0. The van der Waals surface area contributed by atoms with Gasteiger partial charge in [0.05, 0.1) is 5.92 Å². The largest absolute Gasteiger partial charge is 0.481 e. The van der Waals surface area contributed by atoms with Crippen LogP contribution in [0, 0.1) is 11.3 Å². The van der Waals surface area contributed by atoms with E-state index in [-0.39, 0.29) is 11.8 Å². The average Bonchev–Trinajstić information content (AvgIpc) is 2.53. The van der Waals surface area contributed by atoms with E-state index in [1.807, 2.05) is 45.0 Å². The van der Waals surface area contributed by atoms with Crippen molar-refractivity contribution < 1.29 is 14.7 Å². The molecular formula is C19H28N2O3. The maximum atomic E-state index is 12.0. The molecule has 24 heavy (non-hydrogen) atoms. The van der Waals surface area contributed by atoms with Gasteiger partial charge in [-0.15, -0.1) is 0 Å². The van der Waals surface area contributed by atoms with Crippen LogP contribution in [0.15, 0.2) is 24.3 Å². The van der Waals surface area contributed by atoms with E-state index in [1.54, 1.807) is 0 Å². The number of hydrogen-bond donors (Lipinski definition) is 2. The minimum Gasteiger partial charge on any atom is -0.481 e. The molecule has 2 N–H and O–H groups in total. The van der Waals surface area contributed by atoms with Crippen molar-refractivity contribution in [2.75, 3.05) is 25.0 Å². The Morgan fingerprint density at radius 3 is 2.50 bits per heavy atom. The number of carboxylic acid groups (broad SMARTS) is 1. The van der Waals surface area contributed by atoms with Gasteiger partial charge in [-0.3, -0.25) is 9.59 Å². The monoisotopic (exact) mass is 332 g/mol. The number of anilines is 1. The standard InChI is InChI=1S/C19H28N2O3/c1-19(2,3)18(24)20-16-8-6-14(7-9-16)10-12-21-11-4-5-15(13-21)17(22)23/h6-9,15H,4-5,10-13H2,1-3H3,(H,20,24)(H,22,23). The van der Waals surface area contributed by atoms with E-state index in [0.717, 1.165) is 38.0 Å². The lowest BCUT2D eigenvalue weighted by Crippen LogP contribution is -2.39. The maximum Gasteiger partial charge on any atom is 0.307 e. The van der Waals surface area contributed by atoms with Gasteiger partial charge in [-0.1, -0.05) is 32.9 Å². The van der Waals surface area contributed by atoms with E-state index in [2.05, 4.69) is 10.2 Å². The first kappa shape index (κ1) is 18.5. The Morgan fingerprint density at radius 2 is 1.92 bits per heavy atom. The summed E-state index contributed by atoms with van der Waals surface area (Å²) in [6.07, 6.45) is 2.63. The molecule has 1 amide bonds. The van der Waals surface area contributed by atoms with E-state index in [0.29, 0.717) is 6.54 Å². The van der Waals surface area contributed by atoms with Crippen LogP contribution in [-0.4, -0.2) is 41.5 Å². The van der Waals surface area contributed by atoms with Gasteiger partial charge in [0.25, 0.3) is 0 Å². The molecule has 1 fully saturated rings. The van der Waals surface area contributed by atoms with E-state index in [9.17, 15) is 9.59 Å². The van der Waals surface area contributed by atoms with Crippen LogP contribution in [0.4, 0.5) is 5.69 Å². The summed E-state index contributed by atoms with van der Waals surface area (Å²) >= 11 is 0. The van der Waals surface area contributed by atoms with Crippen molar-refractivity contribution in [2.24, 2.45) is 11.3 Å². The first-order chi connectivity index (χ1) is 11.3. The zero-order valence-electron chi connectivity index (χ0n) is 14.8. The predicted octanol–water partition coefficient (Wildman–Crippen LogP) is 3.01. The van der Waals surface area contributed by atoms with Gasteiger partial charge in [-0.25, -0.2) is 0 Å². The fourth-order valence-corrected chi connectivity index (χ4v) is 2.82. The Morgan fingerprint density at radius 1 is 1.25 bits per heavy atom. The lowest BCUT2D eigenvalue weighted by molar-refractivity contribution is -0.143. The van der Waals surface area contributed by atoms with Crippen molar-refractivity contribution in [3.63, 3.8) is 0 Å². The van der Waals surface area contributed by atoms with Crippen LogP contribution in [-0.2, 0) is 16.0 Å². The van der Waals surface area contributed by atoms with Crippen LogP contribution in [0.2, 0.25) is 0 Å². The third-order valence-corrected chi connectivity index (χ3v) is 4.46. The van der Waals surface area contributed by atoms with E-state index >= 15 is 0 Å². The highest BCUT2D eigenvalue weighted by molar-refractivity contribution is 5.94. The number of carbonyl (C=O) groups excluding carboxylic acids is 1. The fraction of sp³-hybridized carbons (Fsp3) is 0.579. The molecule has 0 spiro atoms. The Kier molecular flexibility index (Phi) is 5.99. The molecule has 1 heterocycles. The number of hydrogen-bond acceptors (Lipinski definition) is 3. The van der Waals surface area contributed by atoms with Crippen molar-refractivity contribution >= 4 is 17.6 Å². The minimum absolute atomic E-state index is 0.00304. The molecule has 2 rings (SSSR count). The summed E-state index contributed by atoms with van der Waals surface area (Å²) in [5.41, 5.74) is 1.59. The first-order valence-electron chi connectivity index (χ1n) is 8.61. The molecule has 1 aliphatic heterocycles. The molecule has 1 aliphatic rings. The van der Waals surface area contributed by atoms with Crippen LogP contribution in [0.5, 0.6) is 0 Å². The van der Waals surface area contributed by atoms with Crippen molar-refractivity contribution in [3.05, 3.63) is 29.8 Å². The Bertz CT molecular complexity index is 575. The summed E-state index contributed by atoms with van der Waals surface area (Å²) in [5.74, 6) is -0.907. The maximum absolute atomic E-state index is 12.0. The second-order valence-electron chi connectivity index (χ2n) is 7.63. The van der Waals surface area contributed by atoms with Gasteiger partial charge in [0.2, 0.25) is 5.91 Å². The highest BCUT2D eigenvalue weighted by Crippen LogP contribution is 2.19. The number of carboxylic acids is 1. The number of carbonyl (C=O) groups is 2. The van der Waals surface area contributed by atoms with Crippen LogP contribution in [0.25, 0.3) is 0 Å². The topological polar surface area (TPSA) is 69.6 Å². The zero-order valence-corrected chi connectivity index (χ0v) is 14.8. The Labute approximate surface area is 144 Å². The van der Waals surface area contributed by atoms with Crippen molar-refractivity contribution in [2.45, 2.75) is 40.0 Å². The number of rotatable bonds is 5. The van der Waals surface area contributed by atoms with Crippen molar-refractivity contribution in [3.8, 4) is 0 Å². The van der Waals surface area contributed by atoms with Crippen molar-refractivity contribution in [1.82, 2.24) is 4.90 Å². The van der Waals surface area contributed by atoms with Gasteiger partial charge in [0, 0.05) is 24.2 Å². The smallest absolute Gasteiger partial charge is 0.307 e. The second kappa shape index (κ2) is 7.79. The van der Waals surface area contributed by atoms with Crippen LogP contribution in [0.3, 0.4) is 0 Å². The number of aliphatic carboxylic acids is 1. The molecule has 0 saturated carbocycles. The van der Waals surface area contributed by atoms with E-state index in [1.165, 1.54) is 5.56 Å². The average molecular weight is 332 g/mol. The third-order valence-electron chi connectivity index (χ3n) is 4.46. The molecule has 0 radical (unpaired) electrons. The molecule has 1 aromatic rings. The van der Waals surface area contributed by atoms with Crippen LogP contribution < -0.4 is 5.32 Å². The van der Waals surface area contributed by atoms with Gasteiger partial charge in [-0.05, 0) is 43.5 Å². The number of nitrogens with one attached hydrogen (secondary N) is 1. The number of nitrogens with zero attached hydrogens (tertiary/aromatic N) is 1. The molecule has 5 nitrogen and oxygen atoms in total. The van der Waals surface area contributed by atoms with Gasteiger partial charge in [0.15, 0.2) is 0 Å². The molecule has 1 atom stereocenters. The van der Waals surface area contributed by atoms with Gasteiger partial charge < -0.3 is 15.3 Å². The highest BCUT2D eigenvalue weighted by Gasteiger charge is 2.25. The highest BCUT2D eigenvalue weighted by atomic mass is 16.4. The Balaban J connectivity index is 1.84. The lowest BCUT2D eigenvalue weighted by Gasteiger charge is -2.30. The first-order valence-corrected chi connectivity index (χ1v) is 8.61. The summed E-state index contributed by atoms with van der Waals surface area (Å²) in [6, 6.07) is 7.90. The number of benzene rings is 1. The molecular weight excluding hydrogens is 304 g/mol. The van der Waals surface area contributed by atoms with Crippen molar-refractivity contribution in [1.29, 1.82) is 0 Å². The summed E-state index contributed by atoms with van der Waals surface area (Å²) in [7, 11) is 0. The van der Waals surface area contributed by atoms with E-state index in [4.69, 9.17) is 5.11 Å². The summed E-state index contributed by atoms with van der Waals surface area (Å²) in [4.78, 5) is 25.3. The summed E-state index contributed by atoms with van der Waals surface area (Å²) in [5, 5.41) is 12.1.